The van der Waals surface area contributed by atoms with Crippen LogP contribution in [0.15, 0.2) is 109 Å². The molecule has 7 aromatic rings. The Morgan fingerprint density at radius 2 is 0.882 bits per heavy atom. The number of rotatable bonds is 1. The first-order valence-corrected chi connectivity index (χ1v) is 11.5. The summed E-state index contributed by atoms with van der Waals surface area (Å²) >= 11 is 0. The average Bonchev–Trinajstić information content (AvgIpc) is 2.86. The molecule has 0 amide bonds. The van der Waals surface area contributed by atoms with Crippen LogP contribution in [0.4, 0.5) is 11.4 Å². The Balaban J connectivity index is 1.57. The van der Waals surface area contributed by atoms with Gasteiger partial charge in [-0.2, -0.15) is 0 Å². The summed E-state index contributed by atoms with van der Waals surface area (Å²) in [7, 11) is 0. The van der Waals surface area contributed by atoms with Gasteiger partial charge in [0.05, 0.1) is 11.4 Å². The average molecular weight is 435 g/mol. The van der Waals surface area contributed by atoms with Gasteiger partial charge in [0, 0.05) is 5.56 Å². The predicted molar refractivity (Wildman–Crippen MR) is 148 cm³/mol. The number of nitrogens with two attached hydrogens (primary N) is 2. The van der Waals surface area contributed by atoms with E-state index in [2.05, 4.69) is 91.0 Å². The fourth-order valence-electron chi connectivity index (χ4n) is 5.33. The molecular formula is C32H22N2. The first kappa shape index (κ1) is 19.0. The fourth-order valence-corrected chi connectivity index (χ4v) is 5.33. The molecule has 0 aromatic heterocycles. The van der Waals surface area contributed by atoms with Crippen molar-refractivity contribution in [3.05, 3.63) is 109 Å². The van der Waals surface area contributed by atoms with Gasteiger partial charge < -0.3 is 11.5 Å². The van der Waals surface area contributed by atoms with Gasteiger partial charge in [-0.25, -0.2) is 0 Å². The van der Waals surface area contributed by atoms with Crippen LogP contribution in [0.1, 0.15) is 0 Å². The Hall–Kier alpha value is -4.56. The number of anilines is 2. The third-order valence-electron chi connectivity index (χ3n) is 7.09. The highest BCUT2D eigenvalue weighted by molar-refractivity contribution is 6.18. The number of fused-ring (bicyclic) bond motifs is 6. The molecule has 0 spiro atoms. The second-order valence-electron chi connectivity index (χ2n) is 9.09. The molecular weight excluding hydrogens is 412 g/mol. The maximum Gasteiger partial charge on any atom is 0.0627 e. The van der Waals surface area contributed by atoms with Crippen molar-refractivity contribution < 1.29 is 0 Å². The SMILES string of the molecule is Nc1cccc(-c2cccc3cc4ccc5cc6cc7ccccc7cc6cc5c4cc23)c1N. The lowest BCUT2D eigenvalue weighted by Gasteiger charge is -2.13. The molecule has 2 heteroatoms. The third kappa shape index (κ3) is 2.76. The van der Waals surface area contributed by atoms with Crippen LogP contribution in [-0.2, 0) is 0 Å². The fraction of sp³-hybridized carbons (Fsp3) is 0. The van der Waals surface area contributed by atoms with Crippen molar-refractivity contribution in [1.29, 1.82) is 0 Å². The van der Waals surface area contributed by atoms with Crippen molar-refractivity contribution in [3.63, 3.8) is 0 Å². The second-order valence-corrected chi connectivity index (χ2v) is 9.09. The summed E-state index contributed by atoms with van der Waals surface area (Å²) in [6, 6.07) is 39.1. The highest BCUT2D eigenvalue weighted by atomic mass is 14.7. The van der Waals surface area contributed by atoms with E-state index in [4.69, 9.17) is 11.5 Å². The zero-order valence-corrected chi connectivity index (χ0v) is 18.5. The van der Waals surface area contributed by atoms with Crippen LogP contribution < -0.4 is 11.5 Å². The Bertz CT molecular complexity index is 1930. The van der Waals surface area contributed by atoms with Crippen molar-refractivity contribution in [2.75, 3.05) is 11.5 Å². The van der Waals surface area contributed by atoms with Crippen LogP contribution in [0.5, 0.6) is 0 Å². The monoisotopic (exact) mass is 434 g/mol. The summed E-state index contributed by atoms with van der Waals surface area (Å²) in [4.78, 5) is 0. The molecule has 2 nitrogen and oxygen atoms in total. The predicted octanol–water partition coefficient (Wildman–Crippen LogP) is 8.28. The zero-order chi connectivity index (χ0) is 22.8. The van der Waals surface area contributed by atoms with E-state index in [1.165, 1.54) is 53.9 Å². The smallest absolute Gasteiger partial charge is 0.0627 e. The maximum atomic E-state index is 6.39. The molecule has 0 fully saturated rings. The lowest BCUT2D eigenvalue weighted by atomic mass is 9.91. The van der Waals surface area contributed by atoms with Gasteiger partial charge in [-0.05, 0) is 102 Å². The minimum Gasteiger partial charge on any atom is -0.397 e. The Morgan fingerprint density at radius 1 is 0.353 bits per heavy atom. The summed E-state index contributed by atoms with van der Waals surface area (Å²) in [6.45, 7) is 0. The topological polar surface area (TPSA) is 52.0 Å². The normalized spacial score (nSPS) is 11.8. The van der Waals surface area contributed by atoms with Gasteiger partial charge in [-0.15, -0.1) is 0 Å². The van der Waals surface area contributed by atoms with E-state index in [1.807, 2.05) is 18.2 Å². The number of hydrogen-bond donors (Lipinski definition) is 2. The van der Waals surface area contributed by atoms with Gasteiger partial charge in [0.25, 0.3) is 0 Å². The highest BCUT2D eigenvalue weighted by Gasteiger charge is 2.11. The summed E-state index contributed by atoms with van der Waals surface area (Å²) < 4.78 is 0. The number of para-hydroxylation sites is 1. The molecule has 0 radical (unpaired) electrons. The van der Waals surface area contributed by atoms with Crippen LogP contribution in [0.25, 0.3) is 65.0 Å². The molecule has 4 N–H and O–H groups in total. The summed E-state index contributed by atoms with van der Waals surface area (Å²) in [5, 5.41) is 12.4. The van der Waals surface area contributed by atoms with E-state index in [0.29, 0.717) is 11.4 Å². The third-order valence-corrected chi connectivity index (χ3v) is 7.09. The van der Waals surface area contributed by atoms with E-state index in [9.17, 15) is 0 Å². The van der Waals surface area contributed by atoms with Gasteiger partial charge in [-0.1, -0.05) is 66.7 Å². The summed E-state index contributed by atoms with van der Waals surface area (Å²) in [6.07, 6.45) is 0. The van der Waals surface area contributed by atoms with Crippen LogP contribution in [-0.4, -0.2) is 0 Å². The minimum absolute atomic E-state index is 0.611. The van der Waals surface area contributed by atoms with Crippen LogP contribution >= 0.6 is 0 Å². The lowest BCUT2D eigenvalue weighted by Crippen LogP contribution is -1.97. The molecule has 34 heavy (non-hydrogen) atoms. The van der Waals surface area contributed by atoms with Crippen LogP contribution in [0.2, 0.25) is 0 Å². The number of benzene rings is 7. The summed E-state index contributed by atoms with van der Waals surface area (Å²) in [5.74, 6) is 0. The molecule has 0 aliphatic heterocycles. The van der Waals surface area contributed by atoms with Gasteiger partial charge >= 0.3 is 0 Å². The standard InChI is InChI=1S/C32H22N2/c33-31-10-4-9-27(32(31)34)26-8-3-7-21-15-22-11-12-23-16-24-13-19-5-1-2-6-20(19)14-25(24)17-28(23)30(22)18-29(21)26/h1-18H,33-34H2. The molecule has 160 valence electrons. The molecule has 0 aliphatic carbocycles. The van der Waals surface area contributed by atoms with Crippen molar-refractivity contribution in [2.45, 2.75) is 0 Å². The second kappa shape index (κ2) is 6.97. The van der Waals surface area contributed by atoms with E-state index in [0.717, 1.165) is 11.1 Å². The van der Waals surface area contributed by atoms with Crippen molar-refractivity contribution in [1.82, 2.24) is 0 Å². The molecule has 0 saturated heterocycles. The molecule has 7 aromatic carbocycles. The number of nitrogen functional groups attached to an aromatic ring is 2. The van der Waals surface area contributed by atoms with Gasteiger partial charge in [-0.3, -0.25) is 0 Å². The van der Waals surface area contributed by atoms with E-state index < -0.39 is 0 Å². The van der Waals surface area contributed by atoms with Crippen molar-refractivity contribution in [3.8, 4) is 11.1 Å². The molecule has 0 aliphatic rings. The van der Waals surface area contributed by atoms with Crippen LogP contribution in [0.3, 0.4) is 0 Å². The Morgan fingerprint density at radius 3 is 1.65 bits per heavy atom. The van der Waals surface area contributed by atoms with E-state index in [1.54, 1.807) is 0 Å². The minimum atomic E-state index is 0.611. The molecule has 7 rings (SSSR count). The highest BCUT2D eigenvalue weighted by Crippen LogP contribution is 2.39. The van der Waals surface area contributed by atoms with Crippen molar-refractivity contribution >= 4 is 65.2 Å². The molecule has 0 atom stereocenters. The molecule has 0 heterocycles. The lowest BCUT2D eigenvalue weighted by molar-refractivity contribution is 1.63. The first-order chi connectivity index (χ1) is 16.7. The number of hydrogen-bond acceptors (Lipinski definition) is 2. The van der Waals surface area contributed by atoms with E-state index in [-0.39, 0.29) is 0 Å². The molecule has 0 bridgehead atoms. The summed E-state index contributed by atoms with van der Waals surface area (Å²) in [5.41, 5.74) is 15.8. The quantitative estimate of drug-likeness (QED) is 0.155. The van der Waals surface area contributed by atoms with Crippen LogP contribution in [0, 0.1) is 0 Å². The van der Waals surface area contributed by atoms with Gasteiger partial charge in [0.1, 0.15) is 0 Å². The van der Waals surface area contributed by atoms with Gasteiger partial charge in [0.15, 0.2) is 0 Å². The molecule has 0 saturated carbocycles. The van der Waals surface area contributed by atoms with Crippen molar-refractivity contribution in [2.24, 2.45) is 0 Å². The Labute approximate surface area is 197 Å². The first-order valence-electron chi connectivity index (χ1n) is 11.5. The Kier molecular flexibility index (Phi) is 3.88. The molecule has 0 unspecified atom stereocenters. The maximum absolute atomic E-state index is 6.39. The van der Waals surface area contributed by atoms with Gasteiger partial charge in [0.2, 0.25) is 0 Å². The van der Waals surface area contributed by atoms with E-state index >= 15 is 0 Å². The zero-order valence-electron chi connectivity index (χ0n) is 18.5. The largest absolute Gasteiger partial charge is 0.397 e.